The molecule has 0 aromatic heterocycles. The van der Waals surface area contributed by atoms with E-state index in [0.717, 1.165) is 0 Å². The maximum absolute atomic E-state index is 12.8. The number of hydrogen-bond donors (Lipinski definition) is 1. The molecule has 2 rings (SSSR count). The van der Waals surface area contributed by atoms with E-state index in [9.17, 15) is 36.2 Å². The van der Waals surface area contributed by atoms with Crippen LogP contribution in [0.15, 0.2) is 18.2 Å². The summed E-state index contributed by atoms with van der Waals surface area (Å²) in [6.07, 6.45) is -9.00. The van der Waals surface area contributed by atoms with Gasteiger partial charge in [-0.3, -0.25) is 4.79 Å². The van der Waals surface area contributed by atoms with Crippen LogP contribution in [0.4, 0.5) is 26.3 Å². The third-order valence-electron chi connectivity index (χ3n) is 4.01. The number of alkyl halides is 6. The summed E-state index contributed by atoms with van der Waals surface area (Å²) >= 11 is 0. The molecule has 0 saturated heterocycles. The van der Waals surface area contributed by atoms with Gasteiger partial charge >= 0.3 is 18.3 Å². The predicted octanol–water partition coefficient (Wildman–Crippen LogP) is 4.62. The molecule has 1 fully saturated rings. The lowest BCUT2D eigenvalue weighted by Gasteiger charge is -2.26. The second kappa shape index (κ2) is 5.17. The van der Waals surface area contributed by atoms with E-state index in [1.165, 1.54) is 0 Å². The van der Waals surface area contributed by atoms with Crippen LogP contribution in [0.5, 0.6) is 0 Å². The van der Waals surface area contributed by atoms with Crippen molar-refractivity contribution >= 4 is 5.97 Å². The molecule has 1 aromatic carbocycles. The van der Waals surface area contributed by atoms with Crippen LogP contribution in [0, 0.1) is 0 Å². The molecular weight excluding hydrogens is 314 g/mol. The molecule has 0 unspecified atom stereocenters. The number of rotatable bonds is 2. The fourth-order valence-electron chi connectivity index (χ4n) is 2.84. The zero-order chi connectivity index (χ0) is 16.8. The second-order valence-electron chi connectivity index (χ2n) is 5.39. The molecule has 1 aliphatic rings. The van der Waals surface area contributed by atoms with Gasteiger partial charge in [0.15, 0.2) is 0 Å². The smallest absolute Gasteiger partial charge is 0.416 e. The molecule has 22 heavy (non-hydrogen) atoms. The van der Waals surface area contributed by atoms with E-state index < -0.39 is 40.4 Å². The minimum absolute atomic E-state index is 0.00794. The molecule has 0 spiro atoms. The van der Waals surface area contributed by atoms with E-state index >= 15 is 0 Å². The topological polar surface area (TPSA) is 37.3 Å². The van der Waals surface area contributed by atoms with Gasteiger partial charge in [-0.15, -0.1) is 0 Å². The number of carboxylic acids is 1. The zero-order valence-corrected chi connectivity index (χ0v) is 11.2. The largest absolute Gasteiger partial charge is 0.481 e. The highest BCUT2D eigenvalue weighted by Crippen LogP contribution is 2.45. The Labute approximate surface area is 121 Å². The van der Waals surface area contributed by atoms with Crippen molar-refractivity contribution in [2.24, 2.45) is 0 Å². The Morgan fingerprint density at radius 3 is 1.64 bits per heavy atom. The number of benzene rings is 1. The first-order chi connectivity index (χ1) is 9.97. The molecule has 0 atom stereocenters. The van der Waals surface area contributed by atoms with Crippen LogP contribution in [-0.2, 0) is 22.6 Å². The van der Waals surface area contributed by atoms with Gasteiger partial charge in [0.2, 0.25) is 0 Å². The average Bonchev–Trinajstić information content (AvgIpc) is 2.86. The number of halogens is 6. The van der Waals surface area contributed by atoms with E-state index in [1.54, 1.807) is 0 Å². The van der Waals surface area contributed by atoms with Crippen molar-refractivity contribution in [3.05, 3.63) is 34.9 Å². The minimum atomic E-state index is -4.98. The molecule has 0 amide bonds. The Morgan fingerprint density at radius 2 is 1.32 bits per heavy atom. The third kappa shape index (κ3) is 2.91. The highest BCUT2D eigenvalue weighted by molar-refractivity contribution is 5.82. The third-order valence-corrected chi connectivity index (χ3v) is 4.01. The van der Waals surface area contributed by atoms with Crippen molar-refractivity contribution in [2.75, 3.05) is 0 Å². The molecule has 1 N–H and O–H groups in total. The van der Waals surface area contributed by atoms with Crippen LogP contribution in [0.3, 0.4) is 0 Å². The Morgan fingerprint density at radius 1 is 0.909 bits per heavy atom. The molecule has 0 bridgehead atoms. The van der Waals surface area contributed by atoms with Gasteiger partial charge in [0.05, 0.1) is 16.5 Å². The predicted molar refractivity (Wildman–Crippen MR) is 64.2 cm³/mol. The maximum atomic E-state index is 12.8. The molecule has 0 radical (unpaired) electrons. The number of aliphatic carboxylic acids is 1. The first kappa shape index (κ1) is 16.6. The number of carbonyl (C=O) groups is 1. The van der Waals surface area contributed by atoms with Crippen LogP contribution in [0.25, 0.3) is 0 Å². The van der Waals surface area contributed by atoms with Crippen LogP contribution in [0.1, 0.15) is 42.4 Å². The fraction of sp³-hybridized carbons (Fsp3) is 0.500. The highest BCUT2D eigenvalue weighted by Gasteiger charge is 2.46. The lowest BCUT2D eigenvalue weighted by molar-refractivity contribution is -0.146. The van der Waals surface area contributed by atoms with Crippen molar-refractivity contribution in [3.63, 3.8) is 0 Å². The van der Waals surface area contributed by atoms with E-state index in [1.807, 2.05) is 0 Å². The molecule has 122 valence electrons. The van der Waals surface area contributed by atoms with Gasteiger partial charge in [0.25, 0.3) is 0 Å². The van der Waals surface area contributed by atoms with Crippen LogP contribution < -0.4 is 0 Å². The van der Waals surface area contributed by atoms with Gasteiger partial charge in [-0.1, -0.05) is 12.8 Å². The maximum Gasteiger partial charge on any atom is 0.416 e. The summed E-state index contributed by atoms with van der Waals surface area (Å²) in [6, 6.07) is 1.05. The summed E-state index contributed by atoms with van der Waals surface area (Å²) in [5.74, 6) is -1.39. The van der Waals surface area contributed by atoms with Crippen LogP contribution in [0.2, 0.25) is 0 Å². The van der Waals surface area contributed by atoms with Gasteiger partial charge in [-0.2, -0.15) is 26.3 Å². The minimum Gasteiger partial charge on any atom is -0.481 e. The van der Waals surface area contributed by atoms with E-state index in [0.29, 0.717) is 25.0 Å². The van der Waals surface area contributed by atoms with Gasteiger partial charge in [-0.25, -0.2) is 0 Å². The lowest BCUT2D eigenvalue weighted by atomic mass is 9.77. The summed E-state index contributed by atoms with van der Waals surface area (Å²) < 4.78 is 77.0. The average molecular weight is 326 g/mol. The van der Waals surface area contributed by atoms with Gasteiger partial charge in [0.1, 0.15) is 0 Å². The molecule has 0 aliphatic heterocycles. The van der Waals surface area contributed by atoms with Gasteiger partial charge in [-0.05, 0) is 36.6 Å². The fourth-order valence-corrected chi connectivity index (χ4v) is 2.84. The molecule has 1 aromatic rings. The monoisotopic (exact) mass is 326 g/mol. The first-order valence-corrected chi connectivity index (χ1v) is 6.50. The van der Waals surface area contributed by atoms with Crippen LogP contribution >= 0.6 is 0 Å². The Kier molecular flexibility index (Phi) is 3.91. The summed E-state index contributed by atoms with van der Waals surface area (Å²) in [7, 11) is 0. The van der Waals surface area contributed by atoms with Crippen molar-refractivity contribution < 1.29 is 36.2 Å². The summed E-state index contributed by atoms with van der Waals surface area (Å²) in [4.78, 5) is 11.5. The number of hydrogen-bond acceptors (Lipinski definition) is 1. The quantitative estimate of drug-likeness (QED) is 0.805. The van der Waals surface area contributed by atoms with Gasteiger partial charge < -0.3 is 5.11 Å². The summed E-state index contributed by atoms with van der Waals surface area (Å²) in [5.41, 5.74) is -5.07. The molecular formula is C14H12F6O2. The summed E-state index contributed by atoms with van der Waals surface area (Å²) in [6.45, 7) is 0. The highest BCUT2D eigenvalue weighted by atomic mass is 19.4. The lowest BCUT2D eigenvalue weighted by Crippen LogP contribution is -2.33. The Balaban J connectivity index is 2.67. The molecule has 1 aliphatic carbocycles. The van der Waals surface area contributed by atoms with Crippen LogP contribution in [-0.4, -0.2) is 11.1 Å². The van der Waals surface area contributed by atoms with E-state index in [-0.39, 0.29) is 18.9 Å². The molecule has 2 nitrogen and oxygen atoms in total. The van der Waals surface area contributed by atoms with Gasteiger partial charge in [0, 0.05) is 0 Å². The zero-order valence-electron chi connectivity index (χ0n) is 11.2. The Bertz CT molecular complexity index is 550. The number of carboxylic acid groups (broad SMARTS) is 1. The van der Waals surface area contributed by atoms with E-state index in [2.05, 4.69) is 0 Å². The summed E-state index contributed by atoms with van der Waals surface area (Å²) in [5, 5.41) is 9.34. The molecule has 8 heteroatoms. The molecule has 1 saturated carbocycles. The normalized spacial score (nSPS) is 18.5. The van der Waals surface area contributed by atoms with Crippen molar-refractivity contribution in [2.45, 2.75) is 43.5 Å². The van der Waals surface area contributed by atoms with Crippen molar-refractivity contribution in [3.8, 4) is 0 Å². The Hall–Kier alpha value is -1.73. The van der Waals surface area contributed by atoms with Crippen molar-refractivity contribution in [1.82, 2.24) is 0 Å². The first-order valence-electron chi connectivity index (χ1n) is 6.50. The van der Waals surface area contributed by atoms with E-state index in [4.69, 9.17) is 0 Å². The molecule has 0 heterocycles. The SMILES string of the molecule is O=C(O)C1(c2cc(C(F)(F)F)cc(C(F)(F)F)c2)CCCC1. The second-order valence-corrected chi connectivity index (χ2v) is 5.39. The van der Waals surface area contributed by atoms with Crippen molar-refractivity contribution in [1.29, 1.82) is 0 Å². The standard InChI is InChI=1S/C14H12F6O2/c15-13(16,17)9-5-8(6-10(7-9)14(18,19)20)12(11(21)22)3-1-2-4-12/h5-7H,1-4H2,(H,21,22).